The molecule has 1 unspecified atom stereocenters. The maximum atomic E-state index is 5.63. The van der Waals surface area contributed by atoms with E-state index in [9.17, 15) is 0 Å². The Morgan fingerprint density at radius 2 is 2.55 bits per heavy atom. The highest BCUT2D eigenvalue weighted by Crippen LogP contribution is 2.07. The third-order valence-electron chi connectivity index (χ3n) is 1.90. The Balaban J connectivity index is 2.46. The molecule has 1 aliphatic heterocycles. The second-order valence-electron chi connectivity index (χ2n) is 2.59. The van der Waals surface area contributed by atoms with Crippen molar-refractivity contribution in [2.45, 2.75) is 13.0 Å². The number of aliphatic imine (C=N–C) groups is 1. The predicted molar refractivity (Wildman–Crippen MR) is 44.5 cm³/mol. The molecular weight excluding hydrogens is 142 g/mol. The summed E-state index contributed by atoms with van der Waals surface area (Å²) in [7, 11) is 1.70. The molecule has 0 bridgehead atoms. The third-order valence-corrected chi connectivity index (χ3v) is 1.90. The molecule has 0 aromatic heterocycles. The molecule has 0 fully saturated rings. The van der Waals surface area contributed by atoms with Crippen molar-refractivity contribution in [3.63, 3.8) is 0 Å². The molecule has 1 heterocycles. The van der Waals surface area contributed by atoms with E-state index in [2.05, 4.69) is 16.8 Å². The Hall–Kier alpha value is -0.770. The van der Waals surface area contributed by atoms with Gasteiger partial charge < -0.3 is 15.4 Å². The van der Waals surface area contributed by atoms with Crippen LogP contribution in [-0.4, -0.2) is 43.7 Å². The molecule has 1 atom stereocenters. The number of guanidine groups is 1. The maximum Gasteiger partial charge on any atom is 0.191 e. The van der Waals surface area contributed by atoms with Crippen LogP contribution in [0.5, 0.6) is 0 Å². The zero-order valence-electron chi connectivity index (χ0n) is 7.08. The van der Waals surface area contributed by atoms with E-state index in [1.807, 2.05) is 0 Å². The molecule has 0 saturated carbocycles. The average Bonchev–Trinajstić information content (AvgIpc) is 2.33. The van der Waals surface area contributed by atoms with Crippen LogP contribution in [0.25, 0.3) is 0 Å². The zero-order chi connectivity index (χ0) is 8.27. The van der Waals surface area contributed by atoms with Gasteiger partial charge in [0.05, 0.1) is 19.2 Å². The van der Waals surface area contributed by atoms with Gasteiger partial charge in [-0.2, -0.15) is 0 Å². The summed E-state index contributed by atoms with van der Waals surface area (Å²) >= 11 is 0. The minimum atomic E-state index is 0.352. The summed E-state index contributed by atoms with van der Waals surface area (Å²) in [4.78, 5) is 6.19. The lowest BCUT2D eigenvalue weighted by atomic mass is 10.3. The van der Waals surface area contributed by atoms with Gasteiger partial charge in [-0.25, -0.2) is 0 Å². The van der Waals surface area contributed by atoms with Crippen molar-refractivity contribution in [1.29, 1.82) is 0 Å². The van der Waals surface area contributed by atoms with Crippen LogP contribution in [-0.2, 0) is 4.74 Å². The molecule has 0 spiro atoms. The van der Waals surface area contributed by atoms with Crippen molar-refractivity contribution in [1.82, 2.24) is 4.90 Å². The first-order valence-electron chi connectivity index (χ1n) is 3.85. The number of nitrogens with zero attached hydrogens (tertiary/aromatic N) is 2. The van der Waals surface area contributed by atoms with Gasteiger partial charge in [-0.1, -0.05) is 0 Å². The summed E-state index contributed by atoms with van der Waals surface area (Å²) < 4.78 is 5.04. The molecule has 1 aliphatic rings. The Labute approximate surface area is 67.0 Å². The monoisotopic (exact) mass is 157 g/mol. The number of ether oxygens (including phenoxy) is 1. The first-order chi connectivity index (χ1) is 5.29. The average molecular weight is 157 g/mol. The fourth-order valence-corrected chi connectivity index (χ4v) is 1.33. The van der Waals surface area contributed by atoms with E-state index in [0.717, 1.165) is 13.1 Å². The molecular formula is C7H15N3O. The third kappa shape index (κ3) is 1.63. The Kier molecular flexibility index (Phi) is 2.70. The number of hydrogen-bond acceptors (Lipinski definition) is 4. The number of rotatable bonds is 3. The van der Waals surface area contributed by atoms with Crippen LogP contribution in [0, 0.1) is 0 Å². The number of nitrogens with two attached hydrogens (primary N) is 1. The molecule has 4 nitrogen and oxygen atoms in total. The first kappa shape index (κ1) is 8.33. The van der Waals surface area contributed by atoms with Crippen molar-refractivity contribution >= 4 is 5.96 Å². The van der Waals surface area contributed by atoms with Gasteiger partial charge in [-0.05, 0) is 6.92 Å². The van der Waals surface area contributed by atoms with Crippen molar-refractivity contribution in [2.24, 2.45) is 10.7 Å². The molecule has 0 amide bonds. The van der Waals surface area contributed by atoms with E-state index in [1.165, 1.54) is 0 Å². The van der Waals surface area contributed by atoms with Gasteiger partial charge in [0.25, 0.3) is 0 Å². The second-order valence-corrected chi connectivity index (χ2v) is 2.59. The van der Waals surface area contributed by atoms with Crippen LogP contribution in [0.2, 0.25) is 0 Å². The van der Waals surface area contributed by atoms with Crippen molar-refractivity contribution < 1.29 is 4.74 Å². The molecule has 0 aliphatic carbocycles. The van der Waals surface area contributed by atoms with Gasteiger partial charge in [0.1, 0.15) is 0 Å². The standard InChI is InChI=1S/C7H15N3O/c1-3-10-6(5-11-2)4-9-7(10)8/h6H,3-5H2,1-2H3,(H2,8,9). The van der Waals surface area contributed by atoms with Gasteiger partial charge >= 0.3 is 0 Å². The largest absolute Gasteiger partial charge is 0.382 e. The lowest BCUT2D eigenvalue weighted by Crippen LogP contribution is -2.42. The fraction of sp³-hybridized carbons (Fsp3) is 0.857. The van der Waals surface area contributed by atoms with E-state index < -0.39 is 0 Å². The Morgan fingerprint density at radius 3 is 3.09 bits per heavy atom. The summed E-state index contributed by atoms with van der Waals surface area (Å²) in [5, 5.41) is 0. The SMILES string of the molecule is CCN1C(N)=NCC1COC. The summed E-state index contributed by atoms with van der Waals surface area (Å²) in [6.07, 6.45) is 0. The van der Waals surface area contributed by atoms with Crippen LogP contribution in [0.4, 0.5) is 0 Å². The molecule has 4 heteroatoms. The van der Waals surface area contributed by atoms with Crippen LogP contribution in [0.3, 0.4) is 0 Å². The zero-order valence-corrected chi connectivity index (χ0v) is 7.08. The minimum absolute atomic E-state index is 0.352. The van der Waals surface area contributed by atoms with Crippen molar-refractivity contribution in [2.75, 3.05) is 26.8 Å². The molecule has 2 N–H and O–H groups in total. The molecule has 0 saturated heterocycles. The Morgan fingerprint density at radius 1 is 1.82 bits per heavy atom. The van der Waals surface area contributed by atoms with Crippen molar-refractivity contribution in [3.8, 4) is 0 Å². The molecule has 64 valence electrons. The van der Waals surface area contributed by atoms with Gasteiger partial charge in [-0.15, -0.1) is 0 Å². The molecule has 0 aromatic rings. The highest BCUT2D eigenvalue weighted by Gasteiger charge is 2.23. The van der Waals surface area contributed by atoms with Crippen molar-refractivity contribution in [3.05, 3.63) is 0 Å². The smallest absolute Gasteiger partial charge is 0.191 e. The number of methoxy groups -OCH3 is 1. The molecule has 0 radical (unpaired) electrons. The normalized spacial score (nSPS) is 24.0. The van der Waals surface area contributed by atoms with E-state index in [1.54, 1.807) is 7.11 Å². The highest BCUT2D eigenvalue weighted by atomic mass is 16.5. The molecule has 0 aromatic carbocycles. The van der Waals surface area contributed by atoms with Crippen LogP contribution in [0.1, 0.15) is 6.92 Å². The van der Waals surface area contributed by atoms with Crippen LogP contribution >= 0.6 is 0 Å². The van der Waals surface area contributed by atoms with Crippen LogP contribution < -0.4 is 5.73 Å². The Bertz CT molecular complexity index is 158. The van der Waals surface area contributed by atoms with E-state index in [0.29, 0.717) is 18.6 Å². The summed E-state index contributed by atoms with van der Waals surface area (Å²) in [5.41, 5.74) is 5.63. The van der Waals surface area contributed by atoms with Gasteiger partial charge in [0.2, 0.25) is 0 Å². The van der Waals surface area contributed by atoms with Gasteiger partial charge in [0, 0.05) is 13.7 Å². The summed E-state index contributed by atoms with van der Waals surface area (Å²) in [6, 6.07) is 0.352. The summed E-state index contributed by atoms with van der Waals surface area (Å²) in [5.74, 6) is 0.648. The molecule has 11 heavy (non-hydrogen) atoms. The number of hydrogen-bond donors (Lipinski definition) is 1. The van der Waals surface area contributed by atoms with E-state index in [-0.39, 0.29) is 0 Å². The number of likely N-dealkylation sites (N-methyl/N-ethyl adjacent to an activating group) is 1. The van der Waals surface area contributed by atoms with E-state index >= 15 is 0 Å². The fourth-order valence-electron chi connectivity index (χ4n) is 1.33. The van der Waals surface area contributed by atoms with Gasteiger partial charge in [0.15, 0.2) is 5.96 Å². The maximum absolute atomic E-state index is 5.63. The van der Waals surface area contributed by atoms with E-state index in [4.69, 9.17) is 10.5 Å². The topological polar surface area (TPSA) is 50.8 Å². The van der Waals surface area contributed by atoms with Gasteiger partial charge in [-0.3, -0.25) is 4.99 Å². The second kappa shape index (κ2) is 3.57. The predicted octanol–water partition coefficient (Wildman–Crippen LogP) is -0.348. The lowest BCUT2D eigenvalue weighted by molar-refractivity contribution is 0.140. The quantitative estimate of drug-likeness (QED) is 0.609. The highest BCUT2D eigenvalue weighted by molar-refractivity contribution is 5.80. The van der Waals surface area contributed by atoms with Crippen LogP contribution in [0.15, 0.2) is 4.99 Å². The lowest BCUT2D eigenvalue weighted by Gasteiger charge is -2.23. The summed E-state index contributed by atoms with van der Waals surface area (Å²) in [6.45, 7) is 4.45. The first-order valence-corrected chi connectivity index (χ1v) is 3.85. The minimum Gasteiger partial charge on any atom is -0.382 e. The molecule has 1 rings (SSSR count).